The summed E-state index contributed by atoms with van der Waals surface area (Å²) in [7, 11) is 0. The molecule has 0 saturated heterocycles. The van der Waals surface area contributed by atoms with E-state index < -0.39 is 0 Å². The van der Waals surface area contributed by atoms with Gasteiger partial charge in [0.25, 0.3) is 5.91 Å². The molecule has 3 nitrogen and oxygen atoms in total. The molecule has 1 heterocycles. The zero-order valence-electron chi connectivity index (χ0n) is 9.13. The van der Waals surface area contributed by atoms with Gasteiger partial charge in [-0.1, -0.05) is 6.92 Å². The molecule has 5 heteroatoms. The highest BCUT2D eigenvalue weighted by Gasteiger charge is 2.24. The largest absolute Gasteiger partial charge is 0.344 e. The minimum atomic E-state index is -0.351. The lowest BCUT2D eigenvalue weighted by Crippen LogP contribution is -2.47. The number of thiazole rings is 1. The van der Waals surface area contributed by atoms with Crippen LogP contribution in [0.3, 0.4) is 0 Å². The molecule has 0 bridgehead atoms. The fraction of sp³-hybridized carbons (Fsp3) is 0.600. The Morgan fingerprint density at radius 1 is 1.73 bits per heavy atom. The van der Waals surface area contributed by atoms with Gasteiger partial charge < -0.3 is 5.32 Å². The van der Waals surface area contributed by atoms with Gasteiger partial charge in [-0.15, -0.1) is 22.9 Å². The first kappa shape index (κ1) is 12.5. The zero-order chi connectivity index (χ0) is 11.5. The molecule has 1 atom stereocenters. The number of halogens is 1. The van der Waals surface area contributed by atoms with E-state index in [1.165, 1.54) is 11.3 Å². The molecule has 0 fully saturated rings. The molecule has 0 aromatic carbocycles. The number of hydrogen-bond donors (Lipinski definition) is 1. The van der Waals surface area contributed by atoms with E-state index in [-0.39, 0.29) is 11.4 Å². The van der Waals surface area contributed by atoms with Crippen LogP contribution in [0.1, 0.15) is 35.8 Å². The summed E-state index contributed by atoms with van der Waals surface area (Å²) in [6.07, 6.45) is 0.797. The van der Waals surface area contributed by atoms with Crippen LogP contribution in [0.25, 0.3) is 0 Å². The lowest BCUT2D eigenvalue weighted by atomic mass is 10.0. The van der Waals surface area contributed by atoms with Crippen LogP contribution in [0.5, 0.6) is 0 Å². The number of aromatic nitrogens is 1. The van der Waals surface area contributed by atoms with Crippen LogP contribution >= 0.6 is 22.9 Å². The van der Waals surface area contributed by atoms with Crippen LogP contribution in [0.4, 0.5) is 0 Å². The maximum Gasteiger partial charge on any atom is 0.271 e. The number of amides is 1. The normalized spacial score (nSPS) is 14.7. The first-order valence-electron chi connectivity index (χ1n) is 4.81. The molecule has 1 rings (SSSR count). The molecule has 0 aliphatic carbocycles. The number of nitrogens with zero attached hydrogens (tertiary/aromatic N) is 1. The van der Waals surface area contributed by atoms with Crippen molar-refractivity contribution in [3.8, 4) is 0 Å². The van der Waals surface area contributed by atoms with Gasteiger partial charge in [-0.3, -0.25) is 4.79 Å². The molecule has 1 amide bonds. The summed E-state index contributed by atoms with van der Waals surface area (Å²) in [4.78, 5) is 15.9. The molecule has 1 unspecified atom stereocenters. The lowest BCUT2D eigenvalue weighted by Gasteiger charge is -2.26. The predicted octanol–water partition coefficient (Wildman–Crippen LogP) is 2.59. The van der Waals surface area contributed by atoms with Gasteiger partial charge in [-0.2, -0.15) is 0 Å². The van der Waals surface area contributed by atoms with E-state index in [1.807, 2.05) is 20.8 Å². The summed E-state index contributed by atoms with van der Waals surface area (Å²) in [5.41, 5.74) is 0.123. The summed E-state index contributed by atoms with van der Waals surface area (Å²) < 4.78 is 0. The van der Waals surface area contributed by atoms with Gasteiger partial charge in [0, 0.05) is 11.3 Å². The smallest absolute Gasteiger partial charge is 0.271 e. The number of hydrogen-bond acceptors (Lipinski definition) is 3. The van der Waals surface area contributed by atoms with Gasteiger partial charge in [-0.05, 0) is 20.3 Å². The van der Waals surface area contributed by atoms with Gasteiger partial charge in [0.05, 0.1) is 10.5 Å². The van der Waals surface area contributed by atoms with Crippen molar-refractivity contribution in [1.29, 1.82) is 0 Å². The maximum atomic E-state index is 11.8. The fourth-order valence-electron chi connectivity index (χ4n) is 1.02. The van der Waals surface area contributed by atoms with Crippen molar-refractivity contribution in [2.75, 3.05) is 5.88 Å². The Morgan fingerprint density at radius 3 is 2.80 bits per heavy atom. The maximum absolute atomic E-state index is 11.8. The quantitative estimate of drug-likeness (QED) is 0.830. The first-order chi connectivity index (χ1) is 7.00. The Morgan fingerprint density at radius 2 is 2.40 bits per heavy atom. The number of carbonyl (C=O) groups excluding carboxylic acids is 1. The van der Waals surface area contributed by atoms with Crippen molar-refractivity contribution < 1.29 is 4.79 Å². The van der Waals surface area contributed by atoms with Crippen LogP contribution in [0.2, 0.25) is 0 Å². The second kappa shape index (κ2) is 4.94. The van der Waals surface area contributed by atoms with Crippen LogP contribution in [-0.4, -0.2) is 22.3 Å². The molecule has 0 radical (unpaired) electrons. The van der Waals surface area contributed by atoms with E-state index in [4.69, 9.17) is 11.6 Å². The Balaban J connectivity index is 2.71. The van der Waals surface area contributed by atoms with Crippen molar-refractivity contribution in [3.05, 3.63) is 16.1 Å². The molecule has 15 heavy (non-hydrogen) atoms. The average Bonchev–Trinajstić information content (AvgIpc) is 2.65. The number of carbonyl (C=O) groups is 1. The molecule has 0 aliphatic heterocycles. The molecule has 0 spiro atoms. The van der Waals surface area contributed by atoms with E-state index in [0.29, 0.717) is 11.6 Å². The summed E-state index contributed by atoms with van der Waals surface area (Å²) in [5, 5.41) is 5.55. The highest BCUT2D eigenvalue weighted by molar-refractivity contribution is 7.09. The van der Waals surface area contributed by atoms with Gasteiger partial charge in [0.2, 0.25) is 0 Å². The standard InChI is InChI=1S/C10H15ClN2OS/c1-4-10(3,6-11)13-9(14)8-5-15-7(2)12-8/h5H,4,6H2,1-3H3,(H,13,14). The van der Waals surface area contributed by atoms with E-state index in [2.05, 4.69) is 10.3 Å². The monoisotopic (exact) mass is 246 g/mol. The molecule has 0 saturated carbocycles. The lowest BCUT2D eigenvalue weighted by molar-refractivity contribution is 0.0908. The van der Waals surface area contributed by atoms with Crippen LogP contribution in [0.15, 0.2) is 5.38 Å². The van der Waals surface area contributed by atoms with Crippen molar-refractivity contribution in [1.82, 2.24) is 10.3 Å². The number of nitrogens with one attached hydrogen (secondary N) is 1. The van der Waals surface area contributed by atoms with E-state index in [9.17, 15) is 4.79 Å². The molecule has 1 N–H and O–H groups in total. The Hall–Kier alpha value is -0.610. The molecule has 1 aromatic rings. The van der Waals surface area contributed by atoms with E-state index in [1.54, 1.807) is 5.38 Å². The highest BCUT2D eigenvalue weighted by Crippen LogP contribution is 2.14. The van der Waals surface area contributed by atoms with Gasteiger partial charge in [0.15, 0.2) is 0 Å². The minimum absolute atomic E-state index is 0.149. The zero-order valence-corrected chi connectivity index (χ0v) is 10.7. The Labute approximate surface area is 98.9 Å². The fourth-order valence-corrected chi connectivity index (χ4v) is 1.87. The molecule has 84 valence electrons. The molecule has 0 aliphatic rings. The number of aryl methyl sites for hydroxylation is 1. The third-order valence-corrected chi connectivity index (χ3v) is 3.71. The summed E-state index contributed by atoms with van der Waals surface area (Å²) in [6.45, 7) is 5.80. The topological polar surface area (TPSA) is 42.0 Å². The first-order valence-corrected chi connectivity index (χ1v) is 6.23. The van der Waals surface area contributed by atoms with Crippen LogP contribution in [0, 0.1) is 6.92 Å². The highest BCUT2D eigenvalue weighted by atomic mass is 35.5. The molecule has 1 aromatic heterocycles. The Kier molecular flexibility index (Phi) is 4.11. The number of alkyl halides is 1. The SMILES string of the molecule is CCC(C)(CCl)NC(=O)c1csc(C)n1. The third-order valence-electron chi connectivity index (χ3n) is 2.34. The van der Waals surface area contributed by atoms with Gasteiger partial charge >= 0.3 is 0 Å². The minimum Gasteiger partial charge on any atom is -0.344 e. The molecular formula is C10H15ClN2OS. The third kappa shape index (κ3) is 3.18. The van der Waals surface area contributed by atoms with Crippen LogP contribution < -0.4 is 5.32 Å². The summed E-state index contributed by atoms with van der Waals surface area (Å²) in [6, 6.07) is 0. The average molecular weight is 247 g/mol. The van der Waals surface area contributed by atoms with E-state index >= 15 is 0 Å². The van der Waals surface area contributed by atoms with Crippen molar-refractivity contribution in [2.45, 2.75) is 32.7 Å². The van der Waals surface area contributed by atoms with Crippen molar-refractivity contribution >= 4 is 28.8 Å². The summed E-state index contributed by atoms with van der Waals surface area (Å²) in [5.74, 6) is 0.252. The Bertz CT molecular complexity index is 347. The second-order valence-corrected chi connectivity index (χ2v) is 5.08. The molecular weight excluding hydrogens is 232 g/mol. The second-order valence-electron chi connectivity index (χ2n) is 3.75. The van der Waals surface area contributed by atoms with Gasteiger partial charge in [-0.25, -0.2) is 4.98 Å². The van der Waals surface area contributed by atoms with Crippen molar-refractivity contribution in [2.24, 2.45) is 0 Å². The van der Waals surface area contributed by atoms with Gasteiger partial charge in [0.1, 0.15) is 5.69 Å². The summed E-state index contributed by atoms with van der Waals surface area (Å²) >= 11 is 7.28. The number of rotatable bonds is 4. The van der Waals surface area contributed by atoms with Crippen LogP contribution in [-0.2, 0) is 0 Å². The van der Waals surface area contributed by atoms with E-state index in [0.717, 1.165) is 11.4 Å². The predicted molar refractivity (Wildman–Crippen MR) is 63.7 cm³/mol. The van der Waals surface area contributed by atoms with Crippen molar-refractivity contribution in [3.63, 3.8) is 0 Å².